The summed E-state index contributed by atoms with van der Waals surface area (Å²) in [5.41, 5.74) is 2.07. The number of hydrogen-bond donors (Lipinski definition) is 1. The summed E-state index contributed by atoms with van der Waals surface area (Å²) in [7, 11) is 0. The van der Waals surface area contributed by atoms with Crippen molar-refractivity contribution in [2.75, 3.05) is 0 Å². The smallest absolute Gasteiger partial charge is 0.250 e. The second-order valence-corrected chi connectivity index (χ2v) is 7.48. The van der Waals surface area contributed by atoms with Crippen LogP contribution >= 0.6 is 11.3 Å². The Balaban J connectivity index is 1.53. The highest BCUT2D eigenvalue weighted by Crippen LogP contribution is 2.15. The van der Waals surface area contributed by atoms with Gasteiger partial charge in [0.2, 0.25) is 5.91 Å². The molecule has 0 saturated carbocycles. The molecule has 7 heteroatoms. The van der Waals surface area contributed by atoms with Crippen molar-refractivity contribution >= 4 is 28.7 Å². The van der Waals surface area contributed by atoms with Crippen LogP contribution in [0.1, 0.15) is 42.7 Å². The number of hydrogen-bond acceptors (Lipinski definition) is 5. The Morgan fingerprint density at radius 3 is 2.71 bits per heavy atom. The number of carbonyl (C=O) groups is 2. The predicted octanol–water partition coefficient (Wildman–Crippen LogP) is 4.14. The van der Waals surface area contributed by atoms with Gasteiger partial charge in [-0.3, -0.25) is 14.6 Å². The number of carbonyl (C=O) groups excluding carboxylic acids is 2. The molecule has 2 aromatic heterocycles. The first kappa shape index (κ1) is 19.4. The molecule has 1 N–H and O–H groups in total. The van der Waals surface area contributed by atoms with Gasteiger partial charge in [0.25, 0.3) is 0 Å². The summed E-state index contributed by atoms with van der Waals surface area (Å²) >= 11 is 1.60. The second-order valence-electron chi connectivity index (χ2n) is 6.17. The van der Waals surface area contributed by atoms with Gasteiger partial charge in [-0.1, -0.05) is 24.3 Å². The van der Waals surface area contributed by atoms with E-state index in [4.69, 9.17) is 6.57 Å². The highest BCUT2D eigenvalue weighted by molar-refractivity contribution is 7.11. The molecule has 1 amide bonds. The molecule has 28 heavy (non-hydrogen) atoms. The summed E-state index contributed by atoms with van der Waals surface area (Å²) < 4.78 is 0. The summed E-state index contributed by atoms with van der Waals surface area (Å²) in [6.45, 7) is 9.24. The molecule has 0 spiro atoms. The number of nitrogens with zero attached hydrogens (tertiary/aromatic N) is 3. The molecule has 0 aliphatic carbocycles. The van der Waals surface area contributed by atoms with Crippen LogP contribution in [0.2, 0.25) is 0 Å². The van der Waals surface area contributed by atoms with Gasteiger partial charge in [-0.25, -0.2) is 9.83 Å². The highest BCUT2D eigenvalue weighted by Gasteiger charge is 2.10. The topological polar surface area (TPSA) is 76.3 Å². The standard InChI is InChI=1S/C21H18N4O2S/c1-14-23-13-18(28-14)7-9-20(26)19-8-6-15(11-24-19)12-25-21(27)16-4-3-5-17(10-16)22-2/h3-6,8,10-11,13H,7,9,12H2,1H3,(H,25,27). The predicted molar refractivity (Wildman–Crippen MR) is 108 cm³/mol. The normalized spacial score (nSPS) is 10.3. The van der Waals surface area contributed by atoms with Gasteiger partial charge in [0.15, 0.2) is 11.5 Å². The lowest BCUT2D eigenvalue weighted by molar-refractivity contribution is 0.0948. The molecule has 2 heterocycles. The van der Waals surface area contributed by atoms with Crippen molar-refractivity contribution < 1.29 is 9.59 Å². The van der Waals surface area contributed by atoms with E-state index in [2.05, 4.69) is 20.1 Å². The molecule has 0 radical (unpaired) electrons. The average molecular weight is 390 g/mol. The van der Waals surface area contributed by atoms with Crippen LogP contribution in [0.15, 0.2) is 48.8 Å². The minimum atomic E-state index is -0.259. The van der Waals surface area contributed by atoms with Crippen molar-refractivity contribution in [3.05, 3.63) is 86.9 Å². The number of rotatable bonds is 7. The third kappa shape index (κ3) is 5.09. The van der Waals surface area contributed by atoms with Crippen molar-refractivity contribution in [1.29, 1.82) is 0 Å². The lowest BCUT2D eigenvalue weighted by Crippen LogP contribution is -2.22. The van der Waals surface area contributed by atoms with Gasteiger partial charge >= 0.3 is 0 Å². The van der Waals surface area contributed by atoms with Gasteiger partial charge in [0, 0.05) is 35.8 Å². The van der Waals surface area contributed by atoms with Crippen molar-refractivity contribution in [2.24, 2.45) is 0 Å². The fourth-order valence-electron chi connectivity index (χ4n) is 2.58. The quantitative estimate of drug-likeness (QED) is 0.486. The number of Topliss-reactive ketones (excluding diaryl/α,β-unsaturated/α-hetero) is 1. The first-order valence-corrected chi connectivity index (χ1v) is 9.52. The fraction of sp³-hybridized carbons (Fsp3) is 0.190. The van der Waals surface area contributed by atoms with Crippen LogP contribution in [0.3, 0.4) is 0 Å². The van der Waals surface area contributed by atoms with Gasteiger partial charge < -0.3 is 5.32 Å². The van der Waals surface area contributed by atoms with Crippen molar-refractivity contribution in [1.82, 2.24) is 15.3 Å². The van der Waals surface area contributed by atoms with Gasteiger partial charge in [-0.15, -0.1) is 11.3 Å². The molecule has 0 bridgehead atoms. The number of benzene rings is 1. The third-order valence-corrected chi connectivity index (χ3v) is 5.04. The van der Waals surface area contributed by atoms with Crippen LogP contribution in [0.25, 0.3) is 4.85 Å². The Labute approximate surface area is 167 Å². The van der Waals surface area contributed by atoms with Crippen molar-refractivity contribution in [3.8, 4) is 0 Å². The summed E-state index contributed by atoms with van der Waals surface area (Å²) in [6.07, 6.45) is 4.45. The molecule has 3 aromatic rings. The molecule has 3 rings (SSSR count). The Morgan fingerprint density at radius 1 is 1.18 bits per heavy atom. The molecule has 0 aliphatic heterocycles. The maximum atomic E-state index is 12.3. The Hall–Kier alpha value is -3.37. The van der Waals surface area contributed by atoms with Crippen LogP contribution < -0.4 is 5.32 Å². The Bertz CT molecular complexity index is 1040. The van der Waals surface area contributed by atoms with E-state index in [0.29, 0.717) is 36.3 Å². The van der Waals surface area contributed by atoms with Gasteiger partial charge in [0.1, 0.15) is 5.69 Å². The van der Waals surface area contributed by atoms with E-state index in [-0.39, 0.29) is 11.7 Å². The van der Waals surface area contributed by atoms with E-state index < -0.39 is 0 Å². The maximum absolute atomic E-state index is 12.3. The fourth-order valence-corrected chi connectivity index (χ4v) is 3.38. The number of aryl methyl sites for hydroxylation is 2. The zero-order chi connectivity index (χ0) is 19.9. The number of thiazole rings is 1. The number of aromatic nitrogens is 2. The number of pyridine rings is 1. The molecule has 0 atom stereocenters. The maximum Gasteiger partial charge on any atom is 0.250 e. The van der Waals surface area contributed by atoms with Gasteiger partial charge in [-0.05, 0) is 31.0 Å². The average Bonchev–Trinajstić information content (AvgIpc) is 3.15. The molecule has 0 unspecified atom stereocenters. The van der Waals surface area contributed by atoms with E-state index in [9.17, 15) is 9.59 Å². The summed E-state index contributed by atoms with van der Waals surface area (Å²) in [4.78, 5) is 37.3. The van der Waals surface area contributed by atoms with Gasteiger partial charge in [-0.2, -0.15) is 0 Å². The number of ketones is 1. The van der Waals surface area contributed by atoms with Crippen LogP contribution in [0, 0.1) is 13.5 Å². The lowest BCUT2D eigenvalue weighted by atomic mass is 10.1. The molecule has 1 aromatic carbocycles. The molecule has 0 aliphatic rings. The molecule has 140 valence electrons. The van der Waals surface area contributed by atoms with Crippen LogP contribution in [0.5, 0.6) is 0 Å². The first-order chi connectivity index (χ1) is 13.5. The highest BCUT2D eigenvalue weighted by atomic mass is 32.1. The largest absolute Gasteiger partial charge is 0.348 e. The minimum Gasteiger partial charge on any atom is -0.348 e. The monoisotopic (exact) mass is 390 g/mol. The zero-order valence-electron chi connectivity index (χ0n) is 15.3. The Kier molecular flexibility index (Phi) is 6.25. The van der Waals surface area contributed by atoms with Gasteiger partial charge in [0.05, 0.1) is 11.6 Å². The number of nitrogens with one attached hydrogen (secondary N) is 1. The van der Waals surface area contributed by atoms with E-state index in [1.54, 1.807) is 60.1 Å². The molecule has 6 nitrogen and oxygen atoms in total. The molecular formula is C21H18N4O2S. The molecule has 0 fully saturated rings. The summed E-state index contributed by atoms with van der Waals surface area (Å²) in [6, 6.07) is 10.0. The van der Waals surface area contributed by atoms with Crippen molar-refractivity contribution in [3.63, 3.8) is 0 Å². The minimum absolute atomic E-state index is 0.0161. The second kappa shape index (κ2) is 9.02. The molecule has 0 saturated heterocycles. The SMILES string of the molecule is [C-]#[N+]c1cccc(C(=O)NCc2ccc(C(=O)CCc3cnc(C)s3)nc2)c1. The van der Waals surface area contributed by atoms with Crippen molar-refractivity contribution in [2.45, 2.75) is 26.3 Å². The van der Waals surface area contributed by atoms with E-state index in [0.717, 1.165) is 15.4 Å². The Morgan fingerprint density at radius 2 is 2.04 bits per heavy atom. The van der Waals surface area contributed by atoms with Crippen LogP contribution in [-0.2, 0) is 13.0 Å². The summed E-state index contributed by atoms with van der Waals surface area (Å²) in [5.74, 6) is -0.275. The third-order valence-electron chi connectivity index (χ3n) is 4.07. The first-order valence-electron chi connectivity index (χ1n) is 8.70. The van der Waals surface area contributed by atoms with Crippen LogP contribution in [-0.4, -0.2) is 21.7 Å². The zero-order valence-corrected chi connectivity index (χ0v) is 16.1. The number of amides is 1. The van der Waals surface area contributed by atoms with Crippen LogP contribution in [0.4, 0.5) is 5.69 Å². The van der Waals surface area contributed by atoms with E-state index in [1.807, 2.05) is 6.92 Å². The summed E-state index contributed by atoms with van der Waals surface area (Å²) in [5, 5.41) is 3.79. The van der Waals surface area contributed by atoms with E-state index >= 15 is 0 Å². The molecular weight excluding hydrogens is 372 g/mol. The lowest BCUT2D eigenvalue weighted by Gasteiger charge is -2.06. The van der Waals surface area contributed by atoms with E-state index in [1.165, 1.54) is 0 Å².